The van der Waals surface area contributed by atoms with Gasteiger partial charge < -0.3 is 9.64 Å². The summed E-state index contributed by atoms with van der Waals surface area (Å²) in [6.45, 7) is 2.33. The van der Waals surface area contributed by atoms with Gasteiger partial charge in [0, 0.05) is 17.8 Å². The van der Waals surface area contributed by atoms with Crippen LogP contribution in [0.25, 0.3) is 0 Å². The largest absolute Gasteiger partial charge is 0.496 e. The zero-order valence-electron chi connectivity index (χ0n) is 16.5. The van der Waals surface area contributed by atoms with Crippen molar-refractivity contribution in [3.05, 3.63) is 82.8 Å². The Morgan fingerprint density at radius 1 is 1.03 bits per heavy atom. The van der Waals surface area contributed by atoms with E-state index in [2.05, 4.69) is 20.7 Å². The molecule has 3 rings (SSSR count). The van der Waals surface area contributed by atoms with Crippen LogP contribution < -0.4 is 14.4 Å². The van der Waals surface area contributed by atoms with Gasteiger partial charge in [0.15, 0.2) is 0 Å². The van der Waals surface area contributed by atoms with Crippen molar-refractivity contribution in [3.63, 3.8) is 0 Å². The predicted octanol–water partition coefficient (Wildman–Crippen LogP) is 4.93. The molecule has 1 N–H and O–H groups in total. The second-order valence-electron chi connectivity index (χ2n) is 6.37. The average Bonchev–Trinajstić information content (AvgIpc) is 2.75. The Bertz CT molecular complexity index is 1150. The van der Waals surface area contributed by atoms with Gasteiger partial charge in [0.1, 0.15) is 5.75 Å². The van der Waals surface area contributed by atoms with Crippen molar-refractivity contribution in [1.29, 1.82) is 0 Å². The molecule has 156 valence electrons. The van der Waals surface area contributed by atoms with E-state index < -0.39 is 10.0 Å². The number of carbonyl (C=O) groups excluding carboxylic acids is 1. The summed E-state index contributed by atoms with van der Waals surface area (Å²) < 4.78 is 34.0. The summed E-state index contributed by atoms with van der Waals surface area (Å²) in [5.74, 6) is 0.319. The van der Waals surface area contributed by atoms with Crippen molar-refractivity contribution in [3.8, 4) is 5.75 Å². The van der Waals surface area contributed by atoms with Crippen molar-refractivity contribution in [1.82, 2.24) is 0 Å². The van der Waals surface area contributed by atoms with Gasteiger partial charge in [0.2, 0.25) is 0 Å². The first-order chi connectivity index (χ1) is 14.4. The minimum atomic E-state index is -3.89. The normalized spacial score (nSPS) is 11.0. The molecule has 0 bridgehead atoms. The van der Waals surface area contributed by atoms with Gasteiger partial charge in [0.25, 0.3) is 15.9 Å². The van der Waals surface area contributed by atoms with Crippen LogP contribution in [0.1, 0.15) is 17.3 Å². The fraction of sp³-hybridized carbons (Fsp3) is 0.136. The molecule has 3 aromatic rings. The van der Waals surface area contributed by atoms with Crippen molar-refractivity contribution in [2.75, 3.05) is 23.3 Å². The lowest BCUT2D eigenvalue weighted by atomic mass is 10.2. The lowest BCUT2D eigenvalue weighted by Gasteiger charge is -2.21. The molecule has 0 aliphatic rings. The minimum absolute atomic E-state index is 0.00408. The standard InChI is InChI=1S/C22H21BrN2O4S/c1-3-25(18-9-5-4-6-10-18)22(26)16-8-7-11-19(14-16)30(27,28)24-17-12-13-21(29-2)20(23)15-17/h4-15,24H,3H2,1-2H3. The van der Waals surface area contributed by atoms with E-state index >= 15 is 0 Å². The van der Waals surface area contributed by atoms with E-state index in [4.69, 9.17) is 4.74 Å². The number of methoxy groups -OCH3 is 1. The van der Waals surface area contributed by atoms with Gasteiger partial charge in [0.05, 0.1) is 22.2 Å². The number of halogens is 1. The molecule has 0 heterocycles. The van der Waals surface area contributed by atoms with E-state index in [0.29, 0.717) is 28.0 Å². The summed E-state index contributed by atoms with van der Waals surface area (Å²) in [6, 6.07) is 20.1. The molecular weight excluding hydrogens is 468 g/mol. The number of nitrogens with zero attached hydrogens (tertiary/aromatic N) is 1. The molecule has 30 heavy (non-hydrogen) atoms. The number of anilines is 2. The molecule has 0 fully saturated rings. The zero-order chi connectivity index (χ0) is 21.7. The Balaban J connectivity index is 1.88. The Kier molecular flexibility index (Phi) is 6.79. The van der Waals surface area contributed by atoms with Crippen LogP contribution in [0.15, 0.2) is 82.2 Å². The maximum atomic E-state index is 13.0. The van der Waals surface area contributed by atoms with E-state index in [0.717, 1.165) is 5.69 Å². The molecule has 0 unspecified atom stereocenters. The van der Waals surface area contributed by atoms with Crippen molar-refractivity contribution in [2.45, 2.75) is 11.8 Å². The first-order valence-corrected chi connectivity index (χ1v) is 11.5. The van der Waals surface area contributed by atoms with Gasteiger partial charge in [-0.2, -0.15) is 0 Å². The van der Waals surface area contributed by atoms with Gasteiger partial charge in [-0.1, -0.05) is 24.3 Å². The highest BCUT2D eigenvalue weighted by Gasteiger charge is 2.20. The molecule has 8 heteroatoms. The van der Waals surface area contributed by atoms with E-state index in [9.17, 15) is 13.2 Å². The minimum Gasteiger partial charge on any atom is -0.496 e. The number of amides is 1. The highest BCUT2D eigenvalue weighted by atomic mass is 79.9. The summed E-state index contributed by atoms with van der Waals surface area (Å²) in [4.78, 5) is 14.6. The second kappa shape index (κ2) is 9.32. The number of carbonyl (C=O) groups is 1. The molecule has 0 aromatic heterocycles. The van der Waals surface area contributed by atoms with E-state index in [1.807, 2.05) is 37.3 Å². The van der Waals surface area contributed by atoms with Crippen LogP contribution in [0, 0.1) is 0 Å². The molecule has 0 spiro atoms. The van der Waals surface area contributed by atoms with Crippen LogP contribution in [0.5, 0.6) is 5.75 Å². The molecule has 0 saturated carbocycles. The van der Waals surface area contributed by atoms with Crippen LogP contribution >= 0.6 is 15.9 Å². The first kappa shape index (κ1) is 21.9. The molecule has 0 radical (unpaired) electrons. The molecule has 1 amide bonds. The van der Waals surface area contributed by atoms with Gasteiger partial charge in [-0.25, -0.2) is 8.42 Å². The quantitative estimate of drug-likeness (QED) is 0.511. The Hall–Kier alpha value is -2.84. The maximum Gasteiger partial charge on any atom is 0.261 e. The van der Waals surface area contributed by atoms with Crippen molar-refractivity contribution >= 4 is 43.2 Å². The van der Waals surface area contributed by atoms with Crippen LogP contribution in [0.3, 0.4) is 0 Å². The number of para-hydroxylation sites is 1. The fourth-order valence-electron chi connectivity index (χ4n) is 2.95. The van der Waals surface area contributed by atoms with Crippen LogP contribution in [0.2, 0.25) is 0 Å². The number of hydrogen-bond donors (Lipinski definition) is 1. The van der Waals surface area contributed by atoms with Gasteiger partial charge in [-0.3, -0.25) is 9.52 Å². The summed E-state index contributed by atoms with van der Waals surface area (Å²) >= 11 is 3.34. The molecule has 3 aromatic carbocycles. The molecule has 0 atom stereocenters. The first-order valence-electron chi connectivity index (χ1n) is 9.19. The van der Waals surface area contributed by atoms with Gasteiger partial charge >= 0.3 is 0 Å². The average molecular weight is 489 g/mol. The number of benzene rings is 3. The number of hydrogen-bond acceptors (Lipinski definition) is 4. The van der Waals surface area contributed by atoms with E-state index in [1.54, 1.807) is 35.2 Å². The molecule has 0 saturated heterocycles. The van der Waals surface area contributed by atoms with Crippen LogP contribution in [-0.4, -0.2) is 28.0 Å². The lowest BCUT2D eigenvalue weighted by Crippen LogP contribution is -2.30. The monoisotopic (exact) mass is 488 g/mol. The summed E-state index contributed by atoms with van der Waals surface area (Å²) in [5, 5.41) is 0. The number of sulfonamides is 1. The number of rotatable bonds is 7. The summed E-state index contributed by atoms with van der Waals surface area (Å²) in [7, 11) is -2.36. The highest BCUT2D eigenvalue weighted by Crippen LogP contribution is 2.29. The summed E-state index contributed by atoms with van der Waals surface area (Å²) in [6.07, 6.45) is 0. The van der Waals surface area contributed by atoms with E-state index in [1.165, 1.54) is 19.2 Å². The topological polar surface area (TPSA) is 75.7 Å². The smallest absolute Gasteiger partial charge is 0.261 e. The molecule has 0 aliphatic heterocycles. The fourth-order valence-corrected chi connectivity index (χ4v) is 4.58. The Morgan fingerprint density at radius 2 is 1.77 bits per heavy atom. The maximum absolute atomic E-state index is 13.0. The van der Waals surface area contributed by atoms with Crippen molar-refractivity contribution < 1.29 is 17.9 Å². The highest BCUT2D eigenvalue weighted by molar-refractivity contribution is 9.10. The number of ether oxygens (including phenoxy) is 1. The van der Waals surface area contributed by atoms with Crippen molar-refractivity contribution in [2.24, 2.45) is 0 Å². The number of nitrogens with one attached hydrogen (secondary N) is 1. The predicted molar refractivity (Wildman–Crippen MR) is 122 cm³/mol. The zero-order valence-corrected chi connectivity index (χ0v) is 18.9. The Labute approximate surface area is 184 Å². The second-order valence-corrected chi connectivity index (χ2v) is 8.90. The summed E-state index contributed by atoms with van der Waals surface area (Å²) in [5.41, 5.74) is 1.41. The third-order valence-corrected chi connectivity index (χ3v) is 6.42. The lowest BCUT2D eigenvalue weighted by molar-refractivity contribution is 0.0988. The third kappa shape index (κ3) is 4.83. The van der Waals surface area contributed by atoms with E-state index in [-0.39, 0.29) is 10.8 Å². The van der Waals surface area contributed by atoms with Crippen LogP contribution in [-0.2, 0) is 10.0 Å². The molecular formula is C22H21BrN2O4S. The van der Waals surface area contributed by atoms with Gasteiger partial charge in [-0.05, 0) is 71.4 Å². The van der Waals surface area contributed by atoms with Crippen LogP contribution in [0.4, 0.5) is 11.4 Å². The molecule has 6 nitrogen and oxygen atoms in total. The van der Waals surface area contributed by atoms with Gasteiger partial charge in [-0.15, -0.1) is 0 Å². The third-order valence-electron chi connectivity index (χ3n) is 4.42. The molecule has 0 aliphatic carbocycles. The Morgan fingerprint density at radius 3 is 2.40 bits per heavy atom. The SMILES string of the molecule is CCN(C(=O)c1cccc(S(=O)(=O)Nc2ccc(OC)c(Br)c2)c1)c1ccccc1.